The Morgan fingerprint density at radius 2 is 2.26 bits per heavy atom. The van der Waals surface area contributed by atoms with Gasteiger partial charge in [-0.3, -0.25) is 4.98 Å². The van der Waals surface area contributed by atoms with Crippen LogP contribution in [-0.2, 0) is 17.8 Å². The van der Waals surface area contributed by atoms with E-state index >= 15 is 0 Å². The molecule has 0 saturated carbocycles. The van der Waals surface area contributed by atoms with Crippen LogP contribution >= 0.6 is 0 Å². The smallest absolute Gasteiger partial charge is 0.123 e. The van der Waals surface area contributed by atoms with Crippen LogP contribution in [0.25, 0.3) is 0 Å². The first-order valence-corrected chi connectivity index (χ1v) is 6.42. The van der Waals surface area contributed by atoms with Gasteiger partial charge in [0.2, 0.25) is 0 Å². The molecule has 2 aromatic heterocycles. The molecule has 0 radical (unpaired) electrons. The van der Waals surface area contributed by atoms with Gasteiger partial charge in [0, 0.05) is 31.7 Å². The maximum atomic E-state index is 5.00. The third kappa shape index (κ3) is 4.15. The zero-order valence-electron chi connectivity index (χ0n) is 11.5. The van der Waals surface area contributed by atoms with Gasteiger partial charge in [0.15, 0.2) is 0 Å². The minimum Gasteiger partial charge on any atom is -0.383 e. The fourth-order valence-corrected chi connectivity index (χ4v) is 1.89. The molecule has 0 aliphatic rings. The van der Waals surface area contributed by atoms with Crippen LogP contribution in [0.3, 0.4) is 0 Å². The molecule has 0 amide bonds. The Labute approximate surface area is 113 Å². The fraction of sp³-hybridized carbons (Fsp3) is 0.429. The van der Waals surface area contributed by atoms with Crippen molar-refractivity contribution in [1.82, 2.24) is 19.9 Å². The van der Waals surface area contributed by atoms with Gasteiger partial charge in [-0.25, -0.2) is 4.98 Å². The molecular formula is C14H20N4O. The second-order valence-electron chi connectivity index (χ2n) is 4.41. The summed E-state index contributed by atoms with van der Waals surface area (Å²) in [5.41, 5.74) is 2.09. The van der Waals surface area contributed by atoms with Crippen molar-refractivity contribution >= 4 is 0 Å². The summed E-state index contributed by atoms with van der Waals surface area (Å²) >= 11 is 0. The van der Waals surface area contributed by atoms with Crippen molar-refractivity contribution in [2.45, 2.75) is 20.0 Å². The Morgan fingerprint density at radius 3 is 3.05 bits per heavy atom. The van der Waals surface area contributed by atoms with Crippen LogP contribution in [0, 0.1) is 6.92 Å². The Balaban J connectivity index is 1.95. The van der Waals surface area contributed by atoms with E-state index in [1.165, 1.54) is 0 Å². The molecule has 2 heterocycles. The van der Waals surface area contributed by atoms with Crippen molar-refractivity contribution in [1.29, 1.82) is 0 Å². The molecule has 0 aliphatic carbocycles. The highest BCUT2D eigenvalue weighted by molar-refractivity contribution is 5.11. The van der Waals surface area contributed by atoms with Crippen LogP contribution in [0.15, 0.2) is 30.6 Å². The zero-order chi connectivity index (χ0) is 13.5. The van der Waals surface area contributed by atoms with Gasteiger partial charge in [-0.15, -0.1) is 0 Å². The lowest BCUT2D eigenvalue weighted by atomic mass is 10.3. The minimum absolute atomic E-state index is 0.708. The third-order valence-corrected chi connectivity index (χ3v) is 2.85. The van der Waals surface area contributed by atoms with Crippen LogP contribution in [-0.4, -0.2) is 34.8 Å². The molecule has 0 aromatic carbocycles. The largest absolute Gasteiger partial charge is 0.383 e. The van der Waals surface area contributed by atoms with Crippen LogP contribution in [0.5, 0.6) is 0 Å². The van der Waals surface area contributed by atoms with E-state index in [-0.39, 0.29) is 0 Å². The highest BCUT2D eigenvalue weighted by atomic mass is 16.5. The summed E-state index contributed by atoms with van der Waals surface area (Å²) in [6.45, 7) is 5.03. The van der Waals surface area contributed by atoms with Crippen LogP contribution in [0.4, 0.5) is 0 Å². The molecule has 1 N–H and O–H groups in total. The minimum atomic E-state index is 0.708. The number of aromatic nitrogens is 3. The number of aryl methyl sites for hydroxylation is 1. The number of imidazole rings is 1. The Kier molecular flexibility index (Phi) is 5.06. The molecule has 5 nitrogen and oxygen atoms in total. The number of nitrogens with one attached hydrogen (secondary N) is 1. The summed E-state index contributed by atoms with van der Waals surface area (Å²) in [4.78, 5) is 8.87. The van der Waals surface area contributed by atoms with E-state index in [2.05, 4.69) is 19.9 Å². The SMILES string of the molecule is COCCNCc1nccn1Cc1cccc(C)n1. The third-order valence-electron chi connectivity index (χ3n) is 2.85. The number of pyridine rings is 1. The van der Waals surface area contributed by atoms with Crippen LogP contribution in [0.1, 0.15) is 17.2 Å². The van der Waals surface area contributed by atoms with Gasteiger partial charge in [0.1, 0.15) is 5.82 Å². The lowest BCUT2D eigenvalue weighted by molar-refractivity contribution is 0.199. The van der Waals surface area contributed by atoms with Crippen molar-refractivity contribution in [3.63, 3.8) is 0 Å². The highest BCUT2D eigenvalue weighted by Gasteiger charge is 2.04. The summed E-state index contributed by atoms with van der Waals surface area (Å²) in [7, 11) is 1.70. The quantitative estimate of drug-likeness (QED) is 0.764. The molecule has 0 aliphatic heterocycles. The van der Waals surface area contributed by atoms with Crippen molar-refractivity contribution in [3.8, 4) is 0 Å². The average Bonchev–Trinajstić information content (AvgIpc) is 2.82. The number of ether oxygens (including phenoxy) is 1. The van der Waals surface area contributed by atoms with Gasteiger partial charge >= 0.3 is 0 Å². The van der Waals surface area contributed by atoms with E-state index < -0.39 is 0 Å². The molecule has 0 bridgehead atoms. The molecule has 5 heteroatoms. The average molecular weight is 260 g/mol. The van der Waals surface area contributed by atoms with Crippen molar-refractivity contribution in [2.75, 3.05) is 20.3 Å². The predicted octanol–water partition coefficient (Wildman–Crippen LogP) is 1.37. The number of nitrogens with zero attached hydrogens (tertiary/aromatic N) is 3. The molecule has 102 valence electrons. The second kappa shape index (κ2) is 7.01. The summed E-state index contributed by atoms with van der Waals surface area (Å²) < 4.78 is 7.11. The molecule has 2 rings (SSSR count). The van der Waals surface area contributed by atoms with Gasteiger partial charge < -0.3 is 14.6 Å². The predicted molar refractivity (Wildman–Crippen MR) is 73.9 cm³/mol. The lowest BCUT2D eigenvalue weighted by Crippen LogP contribution is -2.21. The van der Waals surface area contributed by atoms with E-state index in [1.807, 2.05) is 37.5 Å². The molecular weight excluding hydrogens is 240 g/mol. The second-order valence-corrected chi connectivity index (χ2v) is 4.41. The van der Waals surface area contributed by atoms with E-state index in [1.54, 1.807) is 7.11 Å². The standard InChI is InChI=1S/C14H20N4O/c1-12-4-3-5-13(17-12)11-18-8-6-16-14(18)10-15-7-9-19-2/h3-6,8,15H,7,9-11H2,1-2H3. The summed E-state index contributed by atoms with van der Waals surface area (Å²) in [5.74, 6) is 1.01. The molecule has 2 aromatic rings. The molecule has 0 spiro atoms. The first-order valence-electron chi connectivity index (χ1n) is 6.42. The molecule has 0 atom stereocenters. The van der Waals surface area contributed by atoms with E-state index in [0.717, 1.165) is 36.8 Å². The maximum Gasteiger partial charge on any atom is 0.123 e. The fourth-order valence-electron chi connectivity index (χ4n) is 1.89. The zero-order valence-corrected chi connectivity index (χ0v) is 11.5. The van der Waals surface area contributed by atoms with Crippen molar-refractivity contribution < 1.29 is 4.74 Å². The van der Waals surface area contributed by atoms with Gasteiger partial charge in [-0.1, -0.05) is 6.07 Å². The van der Waals surface area contributed by atoms with Gasteiger partial charge in [0.25, 0.3) is 0 Å². The first-order chi connectivity index (χ1) is 9.29. The molecule has 0 fully saturated rings. The Morgan fingerprint density at radius 1 is 1.37 bits per heavy atom. The maximum absolute atomic E-state index is 5.00. The Hall–Kier alpha value is -1.72. The monoisotopic (exact) mass is 260 g/mol. The van der Waals surface area contributed by atoms with Crippen molar-refractivity contribution in [2.24, 2.45) is 0 Å². The van der Waals surface area contributed by atoms with Crippen LogP contribution in [0.2, 0.25) is 0 Å². The van der Waals surface area contributed by atoms with Gasteiger partial charge in [-0.2, -0.15) is 0 Å². The number of rotatable bonds is 7. The van der Waals surface area contributed by atoms with Crippen LogP contribution < -0.4 is 5.32 Å². The molecule has 0 saturated heterocycles. The summed E-state index contributed by atoms with van der Waals surface area (Å²) in [6.07, 6.45) is 3.81. The first kappa shape index (κ1) is 13.7. The number of hydrogen-bond acceptors (Lipinski definition) is 4. The van der Waals surface area contributed by atoms with Gasteiger partial charge in [-0.05, 0) is 19.1 Å². The molecule has 0 unspecified atom stereocenters. The Bertz CT molecular complexity index is 510. The van der Waals surface area contributed by atoms with Gasteiger partial charge in [0.05, 0.1) is 25.4 Å². The normalized spacial score (nSPS) is 10.8. The number of methoxy groups -OCH3 is 1. The number of hydrogen-bond donors (Lipinski definition) is 1. The van der Waals surface area contributed by atoms with Crippen molar-refractivity contribution in [3.05, 3.63) is 47.8 Å². The lowest BCUT2D eigenvalue weighted by Gasteiger charge is -2.09. The summed E-state index contributed by atoms with van der Waals surface area (Å²) in [5, 5.41) is 3.30. The van der Waals surface area contributed by atoms with E-state index in [9.17, 15) is 0 Å². The molecule has 19 heavy (non-hydrogen) atoms. The van der Waals surface area contributed by atoms with E-state index in [4.69, 9.17) is 4.74 Å². The summed E-state index contributed by atoms with van der Waals surface area (Å²) in [6, 6.07) is 6.07. The van der Waals surface area contributed by atoms with E-state index in [0.29, 0.717) is 6.61 Å². The topological polar surface area (TPSA) is 52.0 Å². The highest BCUT2D eigenvalue weighted by Crippen LogP contribution is 2.04.